The molecule has 23 heavy (non-hydrogen) atoms. The molecule has 0 amide bonds. The van der Waals surface area contributed by atoms with Crippen molar-refractivity contribution < 1.29 is 13.9 Å². The maximum absolute atomic E-state index is 12.1. The van der Waals surface area contributed by atoms with Crippen molar-refractivity contribution in [3.63, 3.8) is 0 Å². The number of fused-ring (bicyclic) bond motifs is 1. The molecule has 0 aliphatic rings. The molecule has 0 N–H and O–H groups in total. The zero-order chi connectivity index (χ0) is 16.4. The van der Waals surface area contributed by atoms with Gasteiger partial charge in [-0.15, -0.1) is 0 Å². The Labute approximate surface area is 132 Å². The molecule has 1 aromatic heterocycles. The minimum absolute atomic E-state index is 0.323. The molecule has 4 nitrogen and oxygen atoms in total. The fourth-order valence-electron chi connectivity index (χ4n) is 2.16. The molecular formula is C19H14O4. The molecule has 3 aromatic rings. The summed E-state index contributed by atoms with van der Waals surface area (Å²) >= 11 is 0. The van der Waals surface area contributed by atoms with Gasteiger partial charge in [-0.3, -0.25) is 0 Å². The number of hydrogen-bond donors (Lipinski definition) is 0. The maximum Gasteiger partial charge on any atom is 0.344 e. The van der Waals surface area contributed by atoms with Gasteiger partial charge in [-0.25, -0.2) is 9.59 Å². The van der Waals surface area contributed by atoms with Gasteiger partial charge in [0.2, 0.25) is 0 Å². The van der Waals surface area contributed by atoms with Crippen molar-refractivity contribution in [3.05, 3.63) is 77.2 Å². The van der Waals surface area contributed by atoms with Crippen LogP contribution >= 0.6 is 0 Å². The molecule has 0 saturated carbocycles. The number of carbonyl (C=O) groups is 1. The molecule has 0 fully saturated rings. The summed E-state index contributed by atoms with van der Waals surface area (Å²) in [5.74, 6) is -0.0881. The summed E-state index contributed by atoms with van der Waals surface area (Å²) < 4.78 is 10.4. The van der Waals surface area contributed by atoms with Gasteiger partial charge in [0, 0.05) is 11.0 Å². The maximum atomic E-state index is 12.1. The van der Waals surface area contributed by atoms with Gasteiger partial charge < -0.3 is 9.15 Å². The van der Waals surface area contributed by atoms with Gasteiger partial charge in [0.1, 0.15) is 11.3 Å². The van der Waals surface area contributed by atoms with E-state index < -0.39 is 11.6 Å². The standard InChI is InChI=1S/C19H14O4/c1-12(2)18(20)22-15-9-7-13(8-10-15)16-11-14-5-3-4-6-17(14)23-19(16)21/h3-11H,1H2,2H3. The van der Waals surface area contributed by atoms with E-state index in [4.69, 9.17) is 9.15 Å². The highest BCUT2D eigenvalue weighted by Gasteiger charge is 2.09. The third-order valence-corrected chi connectivity index (χ3v) is 3.37. The molecule has 0 bridgehead atoms. The highest BCUT2D eigenvalue weighted by molar-refractivity contribution is 5.89. The first-order valence-corrected chi connectivity index (χ1v) is 7.05. The molecule has 0 aliphatic carbocycles. The van der Waals surface area contributed by atoms with Gasteiger partial charge in [-0.05, 0) is 36.8 Å². The Bertz CT molecular complexity index is 949. The SMILES string of the molecule is C=C(C)C(=O)Oc1ccc(-c2cc3ccccc3oc2=O)cc1. The molecule has 0 spiro atoms. The van der Waals surface area contributed by atoms with E-state index in [0.29, 0.717) is 28.0 Å². The lowest BCUT2D eigenvalue weighted by molar-refractivity contribution is -0.130. The fraction of sp³-hybridized carbons (Fsp3) is 0.0526. The summed E-state index contributed by atoms with van der Waals surface area (Å²) in [7, 11) is 0. The third-order valence-electron chi connectivity index (χ3n) is 3.37. The predicted molar refractivity (Wildman–Crippen MR) is 88.4 cm³/mol. The summed E-state index contributed by atoms with van der Waals surface area (Å²) in [5.41, 5.74) is 1.62. The van der Waals surface area contributed by atoms with E-state index >= 15 is 0 Å². The molecule has 0 aliphatic heterocycles. The Morgan fingerprint density at radius 2 is 1.78 bits per heavy atom. The van der Waals surface area contributed by atoms with E-state index in [-0.39, 0.29) is 0 Å². The van der Waals surface area contributed by atoms with Crippen LogP contribution in [-0.4, -0.2) is 5.97 Å². The van der Waals surface area contributed by atoms with E-state index in [0.717, 1.165) is 5.39 Å². The first-order chi connectivity index (χ1) is 11.0. The van der Waals surface area contributed by atoms with Crippen LogP contribution in [0.5, 0.6) is 5.75 Å². The second kappa shape index (κ2) is 5.93. The van der Waals surface area contributed by atoms with Crippen molar-refractivity contribution in [2.75, 3.05) is 0 Å². The van der Waals surface area contributed by atoms with E-state index in [1.807, 2.05) is 18.2 Å². The van der Waals surface area contributed by atoms with E-state index in [9.17, 15) is 9.59 Å². The average Bonchev–Trinajstić information content (AvgIpc) is 2.55. The lowest BCUT2D eigenvalue weighted by Crippen LogP contribution is -2.08. The number of esters is 1. The number of benzene rings is 2. The topological polar surface area (TPSA) is 56.5 Å². The van der Waals surface area contributed by atoms with Crippen molar-refractivity contribution in [2.45, 2.75) is 6.92 Å². The highest BCUT2D eigenvalue weighted by Crippen LogP contribution is 2.23. The number of rotatable bonds is 3. The van der Waals surface area contributed by atoms with Crippen molar-refractivity contribution in [1.29, 1.82) is 0 Å². The summed E-state index contributed by atoms with van der Waals surface area (Å²) in [5, 5.41) is 0.847. The van der Waals surface area contributed by atoms with Crippen LogP contribution in [0.15, 0.2) is 76.0 Å². The summed E-state index contributed by atoms with van der Waals surface area (Å²) in [6, 6.07) is 15.8. The fourth-order valence-corrected chi connectivity index (χ4v) is 2.16. The van der Waals surface area contributed by atoms with E-state index in [2.05, 4.69) is 6.58 Å². The molecule has 0 unspecified atom stereocenters. The Kier molecular flexibility index (Phi) is 3.81. The Balaban J connectivity index is 1.96. The lowest BCUT2D eigenvalue weighted by Gasteiger charge is -2.06. The van der Waals surface area contributed by atoms with Crippen LogP contribution in [0.3, 0.4) is 0 Å². The number of para-hydroxylation sites is 1. The van der Waals surface area contributed by atoms with Gasteiger partial charge in [-0.2, -0.15) is 0 Å². The first kappa shape index (κ1) is 14.8. The quantitative estimate of drug-likeness (QED) is 0.318. The van der Waals surface area contributed by atoms with Crippen molar-refractivity contribution in [1.82, 2.24) is 0 Å². The third kappa shape index (κ3) is 3.06. The Hall–Kier alpha value is -3.14. The normalized spacial score (nSPS) is 10.5. The largest absolute Gasteiger partial charge is 0.423 e. The summed E-state index contributed by atoms with van der Waals surface area (Å²) in [4.78, 5) is 23.6. The van der Waals surface area contributed by atoms with Crippen molar-refractivity contribution >= 4 is 16.9 Å². The smallest absolute Gasteiger partial charge is 0.344 e. The van der Waals surface area contributed by atoms with Gasteiger partial charge in [0.05, 0.1) is 5.56 Å². The molecule has 0 atom stereocenters. The van der Waals surface area contributed by atoms with Crippen LogP contribution in [0.2, 0.25) is 0 Å². The molecule has 1 heterocycles. The Morgan fingerprint density at radius 3 is 2.48 bits per heavy atom. The van der Waals surface area contributed by atoms with Crippen LogP contribution < -0.4 is 10.4 Å². The number of hydrogen-bond acceptors (Lipinski definition) is 4. The average molecular weight is 306 g/mol. The molecule has 2 aromatic carbocycles. The van der Waals surface area contributed by atoms with Gasteiger partial charge in [0.15, 0.2) is 0 Å². The molecular weight excluding hydrogens is 292 g/mol. The first-order valence-electron chi connectivity index (χ1n) is 7.05. The van der Waals surface area contributed by atoms with Crippen LogP contribution in [0, 0.1) is 0 Å². The van der Waals surface area contributed by atoms with E-state index in [1.165, 1.54) is 0 Å². The van der Waals surface area contributed by atoms with Gasteiger partial charge >= 0.3 is 11.6 Å². The van der Waals surface area contributed by atoms with Crippen molar-refractivity contribution in [3.8, 4) is 16.9 Å². The summed E-state index contributed by atoms with van der Waals surface area (Å²) in [6.45, 7) is 5.11. The van der Waals surface area contributed by atoms with Crippen LogP contribution in [-0.2, 0) is 4.79 Å². The second-order valence-electron chi connectivity index (χ2n) is 5.18. The second-order valence-corrected chi connectivity index (χ2v) is 5.18. The Morgan fingerprint density at radius 1 is 1.09 bits per heavy atom. The lowest BCUT2D eigenvalue weighted by atomic mass is 10.1. The van der Waals surface area contributed by atoms with Gasteiger partial charge in [0.25, 0.3) is 0 Å². The van der Waals surface area contributed by atoms with Crippen LogP contribution in [0.4, 0.5) is 0 Å². The minimum atomic E-state index is -0.483. The molecule has 4 heteroatoms. The number of carbonyl (C=O) groups excluding carboxylic acids is 1. The molecule has 0 radical (unpaired) electrons. The highest BCUT2D eigenvalue weighted by atomic mass is 16.5. The predicted octanol–water partition coefficient (Wildman–Crippen LogP) is 3.94. The monoisotopic (exact) mass is 306 g/mol. The summed E-state index contributed by atoms with van der Waals surface area (Å²) in [6.07, 6.45) is 0. The van der Waals surface area contributed by atoms with Crippen LogP contribution in [0.1, 0.15) is 6.92 Å². The zero-order valence-electron chi connectivity index (χ0n) is 12.5. The molecule has 0 saturated heterocycles. The van der Waals surface area contributed by atoms with E-state index in [1.54, 1.807) is 43.3 Å². The van der Waals surface area contributed by atoms with Crippen LogP contribution in [0.25, 0.3) is 22.1 Å². The molecule has 3 rings (SSSR count). The zero-order valence-corrected chi connectivity index (χ0v) is 12.5. The van der Waals surface area contributed by atoms with Gasteiger partial charge in [-0.1, -0.05) is 36.9 Å². The van der Waals surface area contributed by atoms with Crippen molar-refractivity contribution in [2.24, 2.45) is 0 Å². The minimum Gasteiger partial charge on any atom is -0.423 e. The molecule has 114 valence electrons. The number of ether oxygens (including phenoxy) is 1.